The summed E-state index contributed by atoms with van der Waals surface area (Å²) in [5.74, 6) is 0.902. The van der Waals surface area contributed by atoms with E-state index in [9.17, 15) is 9.59 Å². The van der Waals surface area contributed by atoms with Gasteiger partial charge in [0.15, 0.2) is 0 Å². The van der Waals surface area contributed by atoms with Crippen molar-refractivity contribution in [2.45, 2.75) is 66.2 Å². The van der Waals surface area contributed by atoms with Gasteiger partial charge in [0.25, 0.3) is 0 Å². The van der Waals surface area contributed by atoms with E-state index in [1.165, 1.54) is 0 Å². The molecule has 0 aromatic rings. The third-order valence-electron chi connectivity index (χ3n) is 3.54. The number of amides is 1. The first-order valence-corrected chi connectivity index (χ1v) is 9.38. The summed E-state index contributed by atoms with van der Waals surface area (Å²) in [5.41, 5.74) is 0. The molecule has 0 aliphatic heterocycles. The van der Waals surface area contributed by atoms with E-state index in [0.717, 1.165) is 39.1 Å². The smallest absolute Gasteiger partial charge is 0.220 e. The van der Waals surface area contributed by atoms with E-state index >= 15 is 0 Å². The van der Waals surface area contributed by atoms with Gasteiger partial charge >= 0.3 is 0 Å². The van der Waals surface area contributed by atoms with Crippen LogP contribution in [0.2, 0.25) is 0 Å². The fraction of sp³-hybridized carbons (Fsp3) is 0.895. The first kappa shape index (κ1) is 23.1. The fourth-order valence-corrected chi connectivity index (χ4v) is 2.03. The molecule has 144 valence electrons. The zero-order chi connectivity index (χ0) is 18.2. The van der Waals surface area contributed by atoms with E-state index in [1.54, 1.807) is 0 Å². The largest absolute Gasteiger partial charge is 0.381 e. The molecule has 0 aromatic carbocycles. The molecule has 0 spiro atoms. The zero-order valence-corrected chi connectivity index (χ0v) is 16.1. The number of rotatable bonds is 16. The van der Waals surface area contributed by atoms with Gasteiger partial charge < -0.3 is 14.8 Å². The number of nitrogens with one attached hydrogen (secondary N) is 1. The predicted molar refractivity (Wildman–Crippen MR) is 99.1 cm³/mol. The summed E-state index contributed by atoms with van der Waals surface area (Å²) >= 11 is 0. The van der Waals surface area contributed by atoms with Crippen LogP contribution in [0.3, 0.4) is 0 Å². The molecule has 0 heterocycles. The second-order valence-electron chi connectivity index (χ2n) is 6.97. The molecule has 1 amide bonds. The number of hydrogen-bond acceptors (Lipinski definition) is 4. The van der Waals surface area contributed by atoms with E-state index in [-0.39, 0.29) is 19.0 Å². The van der Waals surface area contributed by atoms with Gasteiger partial charge in [0.05, 0.1) is 0 Å². The Hall–Kier alpha value is -0.940. The van der Waals surface area contributed by atoms with E-state index in [2.05, 4.69) is 19.2 Å². The van der Waals surface area contributed by atoms with Crippen molar-refractivity contribution in [3.8, 4) is 0 Å². The van der Waals surface area contributed by atoms with Crippen molar-refractivity contribution in [1.82, 2.24) is 5.32 Å². The van der Waals surface area contributed by atoms with Crippen LogP contribution in [0.25, 0.3) is 0 Å². The lowest BCUT2D eigenvalue weighted by Gasteiger charge is -2.08. The molecule has 0 unspecified atom stereocenters. The molecular formula is C19H39NO4. The highest BCUT2D eigenvalue weighted by molar-refractivity contribution is 5.81. The lowest BCUT2D eigenvalue weighted by Crippen LogP contribution is -2.25. The van der Waals surface area contributed by atoms with Crippen LogP contribution in [0.15, 0.2) is 0 Å². The van der Waals surface area contributed by atoms with Gasteiger partial charge in [-0.05, 0) is 31.6 Å². The van der Waals surface area contributed by atoms with Gasteiger partial charge in [0.2, 0.25) is 5.91 Å². The molecule has 0 aromatic heterocycles. The third kappa shape index (κ3) is 15.9. The number of hydrogen-bond donors (Lipinski definition) is 1. The SMILES string of the molecule is CC(C)COCCCCOCCCNC(=O)CCCC(=O)C(C)C.[HH]. The van der Waals surface area contributed by atoms with Crippen LogP contribution in [0.1, 0.15) is 67.6 Å². The highest BCUT2D eigenvalue weighted by Crippen LogP contribution is 2.04. The number of carbonyl (C=O) groups is 2. The van der Waals surface area contributed by atoms with Crippen molar-refractivity contribution in [1.29, 1.82) is 0 Å². The first-order valence-electron chi connectivity index (χ1n) is 9.38. The maximum Gasteiger partial charge on any atom is 0.220 e. The maximum atomic E-state index is 11.6. The molecule has 0 saturated carbocycles. The number of ether oxygens (including phenoxy) is 2. The van der Waals surface area contributed by atoms with E-state index in [4.69, 9.17) is 9.47 Å². The molecule has 0 aliphatic carbocycles. The Morgan fingerprint density at radius 1 is 0.875 bits per heavy atom. The summed E-state index contributed by atoms with van der Waals surface area (Å²) in [7, 11) is 0. The molecule has 0 aliphatic rings. The number of Topliss-reactive ketones (excluding diaryl/α,β-unsaturated/α-hetero) is 1. The highest BCUT2D eigenvalue weighted by Gasteiger charge is 2.08. The number of ketones is 1. The van der Waals surface area contributed by atoms with Crippen molar-refractivity contribution in [2.24, 2.45) is 11.8 Å². The molecule has 24 heavy (non-hydrogen) atoms. The number of unbranched alkanes of at least 4 members (excludes halogenated alkanes) is 1. The average molecular weight is 346 g/mol. The van der Waals surface area contributed by atoms with Gasteiger partial charge in [-0.1, -0.05) is 27.7 Å². The Labute approximate surface area is 149 Å². The summed E-state index contributed by atoms with van der Waals surface area (Å²) in [6, 6.07) is 0. The lowest BCUT2D eigenvalue weighted by molar-refractivity contribution is -0.122. The van der Waals surface area contributed by atoms with Crippen LogP contribution in [-0.4, -0.2) is 44.7 Å². The van der Waals surface area contributed by atoms with Crippen LogP contribution in [0.5, 0.6) is 0 Å². The second-order valence-corrected chi connectivity index (χ2v) is 6.97. The minimum atomic E-state index is 0. The van der Waals surface area contributed by atoms with Gasteiger partial charge in [0.1, 0.15) is 5.78 Å². The van der Waals surface area contributed by atoms with E-state index in [1.807, 2.05) is 13.8 Å². The molecule has 0 fully saturated rings. The standard InChI is InChI=1S/C19H37NO4.H2/c1-16(2)15-24-13-6-5-12-23-14-8-11-20-19(22)10-7-9-18(21)17(3)4;/h16-17H,5-15H2,1-4H3,(H,20,22);1H. The summed E-state index contributed by atoms with van der Waals surface area (Å²) in [6.45, 7) is 11.7. The van der Waals surface area contributed by atoms with Gasteiger partial charge in [-0.15, -0.1) is 0 Å². The normalized spacial score (nSPS) is 11.2. The molecular weight excluding hydrogens is 306 g/mol. The topological polar surface area (TPSA) is 64.6 Å². The molecule has 5 nitrogen and oxygen atoms in total. The van der Waals surface area contributed by atoms with Crippen LogP contribution in [0, 0.1) is 11.8 Å². The van der Waals surface area contributed by atoms with Gasteiger partial charge in [-0.2, -0.15) is 0 Å². The molecule has 0 atom stereocenters. The van der Waals surface area contributed by atoms with Gasteiger partial charge in [-0.3, -0.25) is 9.59 Å². The van der Waals surface area contributed by atoms with Crippen LogP contribution in [0.4, 0.5) is 0 Å². The quantitative estimate of drug-likeness (QED) is 0.434. The van der Waals surface area contributed by atoms with Crippen molar-refractivity contribution in [3.05, 3.63) is 0 Å². The molecule has 0 bridgehead atoms. The summed E-state index contributed by atoms with van der Waals surface area (Å²) in [5, 5.41) is 2.86. The Balaban J connectivity index is 0. The van der Waals surface area contributed by atoms with Crippen molar-refractivity contribution >= 4 is 11.7 Å². The van der Waals surface area contributed by atoms with Crippen LogP contribution < -0.4 is 5.32 Å². The summed E-state index contributed by atoms with van der Waals surface area (Å²) in [4.78, 5) is 23.0. The van der Waals surface area contributed by atoms with Gasteiger partial charge in [-0.25, -0.2) is 0 Å². The van der Waals surface area contributed by atoms with Gasteiger partial charge in [0, 0.05) is 53.2 Å². The maximum absolute atomic E-state index is 11.6. The van der Waals surface area contributed by atoms with Crippen molar-refractivity contribution < 1.29 is 20.5 Å². The Morgan fingerprint density at radius 3 is 2.12 bits per heavy atom. The van der Waals surface area contributed by atoms with Crippen LogP contribution in [-0.2, 0) is 19.1 Å². The molecule has 0 saturated heterocycles. The lowest BCUT2D eigenvalue weighted by atomic mass is 10.0. The van der Waals surface area contributed by atoms with Crippen molar-refractivity contribution in [3.63, 3.8) is 0 Å². The Bertz CT molecular complexity index is 335. The fourth-order valence-electron chi connectivity index (χ4n) is 2.03. The highest BCUT2D eigenvalue weighted by atomic mass is 16.5. The molecule has 5 heteroatoms. The third-order valence-corrected chi connectivity index (χ3v) is 3.54. The van der Waals surface area contributed by atoms with Crippen LogP contribution >= 0.6 is 0 Å². The minimum absolute atomic E-state index is 0. The molecule has 0 rings (SSSR count). The average Bonchev–Trinajstić information content (AvgIpc) is 2.52. The Kier molecular flexibility index (Phi) is 15.0. The first-order chi connectivity index (χ1) is 11.4. The number of carbonyl (C=O) groups excluding carboxylic acids is 2. The predicted octanol–water partition coefficient (Wildman–Crippen LogP) is 3.60. The summed E-state index contributed by atoms with van der Waals surface area (Å²) in [6.07, 6.45) is 4.41. The Morgan fingerprint density at radius 2 is 1.50 bits per heavy atom. The monoisotopic (exact) mass is 345 g/mol. The second kappa shape index (κ2) is 15.6. The molecule has 1 N–H and O–H groups in total. The zero-order valence-electron chi connectivity index (χ0n) is 16.1. The van der Waals surface area contributed by atoms with Crippen molar-refractivity contribution in [2.75, 3.05) is 33.0 Å². The molecule has 0 radical (unpaired) electrons. The summed E-state index contributed by atoms with van der Waals surface area (Å²) < 4.78 is 11.0. The van der Waals surface area contributed by atoms with E-state index < -0.39 is 0 Å². The minimum Gasteiger partial charge on any atom is -0.381 e. The van der Waals surface area contributed by atoms with E-state index in [0.29, 0.717) is 38.3 Å².